The number of benzene rings is 2. The Morgan fingerprint density at radius 3 is 2.59 bits per heavy atom. The van der Waals surface area contributed by atoms with Crippen molar-refractivity contribution in [3.63, 3.8) is 0 Å². The van der Waals surface area contributed by atoms with E-state index in [1.54, 1.807) is 48.5 Å². The zero-order chi connectivity index (χ0) is 19.6. The van der Waals surface area contributed by atoms with Gasteiger partial charge in [0.2, 0.25) is 5.91 Å². The largest absolute Gasteiger partial charge is 0.325 e. The SMILES string of the molecule is C[C@@]1(c2ccccc2Cl)NC(=O)N(CC(=O)Nc2ccccc2C#N)C1=O. The van der Waals surface area contributed by atoms with Gasteiger partial charge in [-0.1, -0.05) is 41.9 Å². The Kier molecular flexibility index (Phi) is 4.84. The van der Waals surface area contributed by atoms with E-state index in [1.807, 2.05) is 6.07 Å². The maximum atomic E-state index is 12.9. The number of rotatable bonds is 4. The van der Waals surface area contributed by atoms with Crippen molar-refractivity contribution < 1.29 is 14.4 Å². The van der Waals surface area contributed by atoms with Gasteiger partial charge >= 0.3 is 6.03 Å². The van der Waals surface area contributed by atoms with Crippen LogP contribution < -0.4 is 10.6 Å². The number of anilines is 1. The highest BCUT2D eigenvalue weighted by molar-refractivity contribution is 6.32. The molecule has 3 rings (SSSR count). The molecule has 1 aliphatic heterocycles. The van der Waals surface area contributed by atoms with E-state index >= 15 is 0 Å². The van der Waals surface area contributed by atoms with Crippen LogP contribution in [0.3, 0.4) is 0 Å². The first kappa shape index (κ1) is 18.4. The van der Waals surface area contributed by atoms with Crippen LogP contribution in [0.2, 0.25) is 5.02 Å². The molecule has 0 unspecified atom stereocenters. The fourth-order valence-electron chi connectivity index (χ4n) is 2.91. The summed E-state index contributed by atoms with van der Waals surface area (Å²) in [5.41, 5.74) is -0.321. The lowest BCUT2D eigenvalue weighted by atomic mass is 9.92. The topological polar surface area (TPSA) is 102 Å². The first-order valence-electron chi connectivity index (χ1n) is 8.05. The molecule has 2 N–H and O–H groups in total. The summed E-state index contributed by atoms with van der Waals surface area (Å²) in [5.74, 6) is -1.17. The van der Waals surface area contributed by atoms with Gasteiger partial charge in [-0.25, -0.2) is 4.79 Å². The van der Waals surface area contributed by atoms with Gasteiger partial charge < -0.3 is 10.6 Å². The summed E-state index contributed by atoms with van der Waals surface area (Å²) in [5, 5.41) is 14.6. The number of nitrogens with zero attached hydrogens (tertiary/aromatic N) is 2. The molecule has 0 spiro atoms. The van der Waals surface area contributed by atoms with Crippen LogP contribution in [-0.4, -0.2) is 29.3 Å². The summed E-state index contributed by atoms with van der Waals surface area (Å²) in [6, 6.07) is 14.4. The molecule has 136 valence electrons. The van der Waals surface area contributed by atoms with Gasteiger partial charge in [0.05, 0.1) is 11.3 Å². The van der Waals surface area contributed by atoms with Crippen LogP contribution in [0.1, 0.15) is 18.1 Å². The highest BCUT2D eigenvalue weighted by Gasteiger charge is 2.50. The minimum Gasteiger partial charge on any atom is -0.323 e. The van der Waals surface area contributed by atoms with Gasteiger partial charge in [-0.2, -0.15) is 5.26 Å². The van der Waals surface area contributed by atoms with E-state index in [0.29, 0.717) is 16.3 Å². The summed E-state index contributed by atoms with van der Waals surface area (Å²) in [6.45, 7) is 1.06. The maximum absolute atomic E-state index is 12.9. The summed E-state index contributed by atoms with van der Waals surface area (Å²) in [4.78, 5) is 38.3. The fraction of sp³-hybridized carbons (Fsp3) is 0.158. The monoisotopic (exact) mass is 382 g/mol. The van der Waals surface area contributed by atoms with Crippen LogP contribution >= 0.6 is 11.6 Å². The lowest BCUT2D eigenvalue weighted by molar-refractivity contribution is -0.133. The third-order valence-corrected chi connectivity index (χ3v) is 4.64. The van der Waals surface area contributed by atoms with Crippen molar-refractivity contribution >= 4 is 35.1 Å². The highest BCUT2D eigenvalue weighted by Crippen LogP contribution is 2.33. The van der Waals surface area contributed by atoms with Crippen LogP contribution in [0.25, 0.3) is 0 Å². The normalized spacial score (nSPS) is 18.8. The van der Waals surface area contributed by atoms with Crippen molar-refractivity contribution in [3.8, 4) is 6.07 Å². The van der Waals surface area contributed by atoms with Crippen molar-refractivity contribution in [1.29, 1.82) is 5.26 Å². The van der Waals surface area contributed by atoms with E-state index in [2.05, 4.69) is 10.6 Å². The number of carbonyl (C=O) groups excluding carboxylic acids is 3. The van der Waals surface area contributed by atoms with Crippen LogP contribution in [-0.2, 0) is 15.1 Å². The van der Waals surface area contributed by atoms with Crippen LogP contribution in [0.5, 0.6) is 0 Å². The minimum atomic E-state index is -1.36. The number of amides is 4. The minimum absolute atomic E-state index is 0.281. The van der Waals surface area contributed by atoms with E-state index in [9.17, 15) is 14.4 Å². The van der Waals surface area contributed by atoms with Gasteiger partial charge in [0, 0.05) is 10.6 Å². The number of halogens is 1. The van der Waals surface area contributed by atoms with Crippen LogP contribution in [0.4, 0.5) is 10.5 Å². The Bertz CT molecular complexity index is 985. The molecule has 2 aromatic rings. The molecular formula is C19H15ClN4O3. The van der Waals surface area contributed by atoms with E-state index in [1.165, 1.54) is 6.92 Å². The molecule has 8 heteroatoms. The smallest absolute Gasteiger partial charge is 0.323 e. The molecule has 1 fully saturated rings. The Morgan fingerprint density at radius 1 is 1.22 bits per heavy atom. The Labute approximate surface area is 160 Å². The number of imide groups is 1. The molecule has 0 radical (unpaired) electrons. The molecule has 1 atom stereocenters. The predicted molar refractivity (Wildman–Crippen MR) is 98.8 cm³/mol. The van der Waals surface area contributed by atoms with Crippen molar-refractivity contribution in [1.82, 2.24) is 10.2 Å². The average Bonchev–Trinajstić information content (AvgIpc) is 2.86. The van der Waals surface area contributed by atoms with Gasteiger partial charge in [0.1, 0.15) is 18.2 Å². The van der Waals surface area contributed by atoms with E-state index in [4.69, 9.17) is 16.9 Å². The van der Waals surface area contributed by atoms with E-state index < -0.39 is 29.9 Å². The van der Waals surface area contributed by atoms with Crippen molar-refractivity contribution in [3.05, 3.63) is 64.7 Å². The number of nitrogens with one attached hydrogen (secondary N) is 2. The molecule has 0 bridgehead atoms. The standard InChI is InChI=1S/C19H15ClN4O3/c1-19(13-7-3-4-8-14(13)20)17(26)24(18(27)23-19)11-16(25)22-15-9-5-2-6-12(15)10-21/h2-9H,11H2,1H3,(H,22,25)(H,23,27)/t19-/m0/s1. The van der Waals surface area contributed by atoms with Crippen LogP contribution in [0.15, 0.2) is 48.5 Å². The number of urea groups is 1. The fourth-order valence-corrected chi connectivity index (χ4v) is 3.24. The quantitative estimate of drug-likeness (QED) is 0.793. The van der Waals surface area contributed by atoms with Crippen molar-refractivity contribution in [2.24, 2.45) is 0 Å². The summed E-state index contributed by atoms with van der Waals surface area (Å²) >= 11 is 6.17. The third kappa shape index (κ3) is 3.35. The lowest BCUT2D eigenvalue weighted by Gasteiger charge is -2.23. The Morgan fingerprint density at radius 2 is 1.89 bits per heavy atom. The van der Waals surface area contributed by atoms with Gasteiger partial charge in [0.15, 0.2) is 0 Å². The number of carbonyl (C=O) groups is 3. The molecular weight excluding hydrogens is 368 g/mol. The summed E-state index contributed by atoms with van der Waals surface area (Å²) in [7, 11) is 0. The average molecular weight is 383 g/mol. The number of para-hydroxylation sites is 1. The van der Waals surface area contributed by atoms with Gasteiger partial charge in [-0.3, -0.25) is 14.5 Å². The van der Waals surface area contributed by atoms with Crippen molar-refractivity contribution in [2.75, 3.05) is 11.9 Å². The number of hydrogen-bond acceptors (Lipinski definition) is 4. The molecule has 1 saturated heterocycles. The predicted octanol–water partition coefficient (Wildman–Crippen LogP) is 2.62. The van der Waals surface area contributed by atoms with Crippen molar-refractivity contribution in [2.45, 2.75) is 12.5 Å². The Balaban J connectivity index is 1.79. The van der Waals surface area contributed by atoms with E-state index in [-0.39, 0.29) is 5.56 Å². The maximum Gasteiger partial charge on any atom is 0.325 e. The zero-order valence-corrected chi connectivity index (χ0v) is 15.1. The zero-order valence-electron chi connectivity index (χ0n) is 14.3. The molecule has 1 aliphatic rings. The molecule has 7 nitrogen and oxygen atoms in total. The number of nitriles is 1. The Hall–Kier alpha value is -3.37. The molecule has 0 saturated carbocycles. The van der Waals surface area contributed by atoms with Gasteiger partial charge in [0.25, 0.3) is 5.91 Å². The summed E-state index contributed by atoms with van der Waals surface area (Å²) in [6.07, 6.45) is 0. The third-order valence-electron chi connectivity index (χ3n) is 4.31. The lowest BCUT2D eigenvalue weighted by Crippen LogP contribution is -2.42. The molecule has 0 aliphatic carbocycles. The number of hydrogen-bond donors (Lipinski definition) is 2. The second kappa shape index (κ2) is 7.09. The summed E-state index contributed by atoms with van der Waals surface area (Å²) < 4.78 is 0. The van der Waals surface area contributed by atoms with Gasteiger partial charge in [-0.05, 0) is 25.1 Å². The molecule has 27 heavy (non-hydrogen) atoms. The molecule has 4 amide bonds. The molecule has 0 aromatic heterocycles. The van der Waals surface area contributed by atoms with Gasteiger partial charge in [-0.15, -0.1) is 0 Å². The first-order chi connectivity index (χ1) is 12.9. The first-order valence-corrected chi connectivity index (χ1v) is 8.42. The molecule has 2 aromatic carbocycles. The second-order valence-electron chi connectivity index (χ2n) is 6.13. The van der Waals surface area contributed by atoms with Crippen LogP contribution in [0, 0.1) is 11.3 Å². The second-order valence-corrected chi connectivity index (χ2v) is 6.54. The highest BCUT2D eigenvalue weighted by atomic mass is 35.5. The van der Waals surface area contributed by atoms with E-state index in [0.717, 1.165) is 4.90 Å². The molecule has 1 heterocycles.